The number of ether oxygens (including phenoxy) is 1. The molecule has 0 N–H and O–H groups in total. The molecule has 0 saturated carbocycles. The fourth-order valence-corrected chi connectivity index (χ4v) is 2.54. The zero-order valence-corrected chi connectivity index (χ0v) is 9.81. The highest BCUT2D eigenvalue weighted by Crippen LogP contribution is 2.38. The van der Waals surface area contributed by atoms with Crippen LogP contribution in [0.15, 0.2) is 5.18 Å². The van der Waals surface area contributed by atoms with Gasteiger partial charge in [0.05, 0.1) is 5.60 Å². The van der Waals surface area contributed by atoms with Crippen molar-refractivity contribution >= 4 is 5.78 Å². The number of nitroso groups, excluding NO2 is 1. The quantitative estimate of drug-likeness (QED) is 0.658. The zero-order valence-electron chi connectivity index (χ0n) is 9.81. The van der Waals surface area contributed by atoms with Crippen LogP contribution in [0.1, 0.15) is 26.2 Å². The summed E-state index contributed by atoms with van der Waals surface area (Å²) in [5, 5.41) is 2.91. The number of Topliss-reactive ketones (excluding diaryl/α,β-unsaturated/α-hetero) is 1. The predicted octanol–water partition coefficient (Wildman–Crippen LogP) is 0.964. The van der Waals surface area contributed by atoms with Crippen LogP contribution in [0.2, 0.25) is 0 Å². The monoisotopic (exact) mass is 226 g/mol. The van der Waals surface area contributed by atoms with Gasteiger partial charge in [-0.2, -0.15) is 4.91 Å². The molecule has 2 rings (SSSR count). The van der Waals surface area contributed by atoms with E-state index < -0.39 is 12.1 Å². The summed E-state index contributed by atoms with van der Waals surface area (Å²) in [7, 11) is 2.07. The van der Waals surface area contributed by atoms with Gasteiger partial charge in [0.25, 0.3) is 0 Å². The molecule has 0 aromatic rings. The van der Waals surface area contributed by atoms with Crippen LogP contribution in [-0.4, -0.2) is 48.6 Å². The smallest absolute Gasteiger partial charge is 0.166 e. The van der Waals surface area contributed by atoms with Gasteiger partial charge in [0, 0.05) is 19.5 Å². The van der Waals surface area contributed by atoms with E-state index in [0.29, 0.717) is 6.42 Å². The van der Waals surface area contributed by atoms with E-state index in [0.717, 1.165) is 25.9 Å². The minimum atomic E-state index is -0.610. The van der Waals surface area contributed by atoms with E-state index in [2.05, 4.69) is 17.1 Å². The molecule has 90 valence electrons. The predicted molar refractivity (Wildman–Crippen MR) is 59.2 cm³/mol. The Morgan fingerprint density at radius 1 is 1.50 bits per heavy atom. The van der Waals surface area contributed by atoms with Crippen molar-refractivity contribution in [3.63, 3.8) is 0 Å². The first kappa shape index (κ1) is 11.7. The number of carbonyl (C=O) groups is 1. The molecule has 2 saturated heterocycles. The molecule has 0 aromatic carbocycles. The van der Waals surface area contributed by atoms with Gasteiger partial charge in [-0.25, -0.2) is 0 Å². The number of ketones is 1. The Bertz CT molecular complexity index is 298. The minimum absolute atomic E-state index is 0.0386. The molecule has 0 bridgehead atoms. The van der Waals surface area contributed by atoms with Gasteiger partial charge in [-0.05, 0) is 26.8 Å². The molecule has 2 atom stereocenters. The first-order chi connectivity index (χ1) is 7.56. The number of nitrogens with zero attached hydrogens (tertiary/aromatic N) is 2. The molecule has 0 aliphatic carbocycles. The molecule has 1 spiro atoms. The van der Waals surface area contributed by atoms with Crippen LogP contribution >= 0.6 is 0 Å². The third-order valence-electron chi connectivity index (χ3n) is 3.69. The van der Waals surface area contributed by atoms with Crippen LogP contribution in [0.5, 0.6) is 0 Å². The second-order valence-corrected chi connectivity index (χ2v) is 5.01. The van der Waals surface area contributed by atoms with Crippen LogP contribution in [-0.2, 0) is 9.53 Å². The maximum absolute atomic E-state index is 11.8. The highest BCUT2D eigenvalue weighted by molar-refractivity contribution is 5.86. The first-order valence-electron chi connectivity index (χ1n) is 5.78. The van der Waals surface area contributed by atoms with E-state index in [-0.39, 0.29) is 11.4 Å². The Hall–Kier alpha value is -0.810. The normalized spacial score (nSPS) is 31.9. The molecule has 0 radical (unpaired) electrons. The lowest BCUT2D eigenvalue weighted by Crippen LogP contribution is -2.43. The number of carbonyl (C=O) groups excluding carboxylic acids is 1. The molecule has 0 amide bonds. The molecule has 2 unspecified atom stereocenters. The third-order valence-corrected chi connectivity index (χ3v) is 3.69. The maximum atomic E-state index is 11.8. The van der Waals surface area contributed by atoms with Crippen molar-refractivity contribution in [3.05, 3.63) is 4.91 Å². The Morgan fingerprint density at radius 3 is 2.69 bits per heavy atom. The number of rotatable bonds is 2. The number of likely N-dealkylation sites (tertiary alicyclic amines) is 1. The van der Waals surface area contributed by atoms with E-state index in [1.807, 2.05) is 0 Å². The summed E-state index contributed by atoms with van der Waals surface area (Å²) < 4.78 is 5.83. The topological polar surface area (TPSA) is 59.0 Å². The Morgan fingerprint density at radius 2 is 2.12 bits per heavy atom. The molecular formula is C11H18N2O3. The van der Waals surface area contributed by atoms with Gasteiger partial charge in [-0.15, -0.1) is 0 Å². The Balaban J connectivity index is 2.05. The van der Waals surface area contributed by atoms with Crippen LogP contribution in [0.4, 0.5) is 0 Å². The van der Waals surface area contributed by atoms with E-state index >= 15 is 0 Å². The SMILES string of the molecule is CC(N=O)C1OC2(CCN(C)CC2)CC1=O. The summed E-state index contributed by atoms with van der Waals surface area (Å²) in [6.45, 7) is 3.54. The summed E-state index contributed by atoms with van der Waals surface area (Å²) in [4.78, 5) is 24.5. The lowest BCUT2D eigenvalue weighted by Gasteiger charge is -2.37. The van der Waals surface area contributed by atoms with Gasteiger partial charge in [0.2, 0.25) is 0 Å². The van der Waals surface area contributed by atoms with Gasteiger partial charge >= 0.3 is 0 Å². The van der Waals surface area contributed by atoms with Crippen molar-refractivity contribution in [1.82, 2.24) is 4.90 Å². The van der Waals surface area contributed by atoms with Crippen molar-refractivity contribution in [2.75, 3.05) is 20.1 Å². The summed E-state index contributed by atoms with van der Waals surface area (Å²) >= 11 is 0. The zero-order chi connectivity index (χ0) is 11.8. The Labute approximate surface area is 95.1 Å². The maximum Gasteiger partial charge on any atom is 0.166 e. The largest absolute Gasteiger partial charge is 0.361 e. The average molecular weight is 226 g/mol. The molecule has 0 aromatic heterocycles. The van der Waals surface area contributed by atoms with Gasteiger partial charge in [-0.1, -0.05) is 5.18 Å². The standard InChI is InChI=1S/C11H18N2O3/c1-8(12-15)10-9(14)7-11(16-10)3-5-13(2)6-4-11/h8,10H,3-7H2,1-2H3. The first-order valence-corrected chi connectivity index (χ1v) is 5.78. The van der Waals surface area contributed by atoms with E-state index in [1.165, 1.54) is 0 Å². The third kappa shape index (κ3) is 2.01. The second kappa shape index (κ2) is 4.22. The van der Waals surface area contributed by atoms with Crippen molar-refractivity contribution in [1.29, 1.82) is 0 Å². The molecule has 5 heteroatoms. The summed E-state index contributed by atoms with van der Waals surface area (Å²) in [6, 6.07) is -0.563. The number of piperidine rings is 1. The van der Waals surface area contributed by atoms with Crippen LogP contribution < -0.4 is 0 Å². The second-order valence-electron chi connectivity index (χ2n) is 5.01. The minimum Gasteiger partial charge on any atom is -0.361 e. The lowest BCUT2D eigenvalue weighted by atomic mass is 9.88. The van der Waals surface area contributed by atoms with Crippen LogP contribution in [0, 0.1) is 4.91 Å². The highest BCUT2D eigenvalue weighted by Gasteiger charge is 2.48. The molecular weight excluding hydrogens is 208 g/mol. The molecule has 2 aliphatic heterocycles. The van der Waals surface area contributed by atoms with Crippen molar-refractivity contribution in [2.45, 2.75) is 43.9 Å². The van der Waals surface area contributed by atoms with Gasteiger partial charge in [0.15, 0.2) is 5.78 Å². The average Bonchev–Trinajstić information content (AvgIpc) is 2.60. The van der Waals surface area contributed by atoms with Gasteiger partial charge in [-0.3, -0.25) is 4.79 Å². The van der Waals surface area contributed by atoms with E-state index in [9.17, 15) is 9.70 Å². The summed E-state index contributed by atoms with van der Waals surface area (Å²) in [6.07, 6.45) is 1.58. The van der Waals surface area contributed by atoms with Crippen molar-refractivity contribution < 1.29 is 9.53 Å². The summed E-state index contributed by atoms with van der Waals surface area (Å²) in [5.41, 5.74) is -0.312. The van der Waals surface area contributed by atoms with E-state index in [1.54, 1.807) is 6.92 Å². The van der Waals surface area contributed by atoms with Gasteiger partial charge < -0.3 is 9.64 Å². The summed E-state index contributed by atoms with van der Waals surface area (Å²) in [5.74, 6) is 0.0386. The van der Waals surface area contributed by atoms with Crippen molar-refractivity contribution in [3.8, 4) is 0 Å². The Kier molecular flexibility index (Phi) is 3.08. The highest BCUT2D eigenvalue weighted by atomic mass is 16.5. The van der Waals surface area contributed by atoms with Crippen LogP contribution in [0.3, 0.4) is 0 Å². The molecule has 16 heavy (non-hydrogen) atoms. The van der Waals surface area contributed by atoms with Gasteiger partial charge in [0.1, 0.15) is 12.1 Å². The number of hydrogen-bond donors (Lipinski definition) is 0. The number of hydrogen-bond acceptors (Lipinski definition) is 5. The molecule has 2 heterocycles. The fourth-order valence-electron chi connectivity index (χ4n) is 2.54. The molecule has 5 nitrogen and oxygen atoms in total. The molecule has 2 aliphatic rings. The fraction of sp³-hybridized carbons (Fsp3) is 0.909. The van der Waals surface area contributed by atoms with Crippen LogP contribution in [0.25, 0.3) is 0 Å². The van der Waals surface area contributed by atoms with Crippen molar-refractivity contribution in [2.24, 2.45) is 5.18 Å². The van der Waals surface area contributed by atoms with E-state index in [4.69, 9.17) is 4.74 Å². The molecule has 2 fully saturated rings. The lowest BCUT2D eigenvalue weighted by molar-refractivity contribution is -0.125.